The van der Waals surface area contributed by atoms with Crippen molar-refractivity contribution in [1.82, 2.24) is 4.98 Å². The number of aromatic nitrogens is 1. The SMILES string of the molecule is CCc1ccc(C)nc1NC(=O)c1ccccc1. The van der Waals surface area contributed by atoms with E-state index in [1.54, 1.807) is 12.1 Å². The molecule has 0 unspecified atom stereocenters. The van der Waals surface area contributed by atoms with Gasteiger partial charge in [0.15, 0.2) is 0 Å². The fourth-order valence-electron chi connectivity index (χ4n) is 1.75. The van der Waals surface area contributed by atoms with Crippen molar-refractivity contribution < 1.29 is 4.79 Å². The molecule has 1 amide bonds. The first kappa shape index (κ1) is 12.3. The van der Waals surface area contributed by atoms with Gasteiger partial charge in [0.25, 0.3) is 5.91 Å². The molecule has 2 rings (SSSR count). The van der Waals surface area contributed by atoms with Gasteiger partial charge >= 0.3 is 0 Å². The quantitative estimate of drug-likeness (QED) is 0.895. The zero-order valence-corrected chi connectivity index (χ0v) is 10.6. The highest BCUT2D eigenvalue weighted by Gasteiger charge is 2.09. The Hall–Kier alpha value is -2.16. The summed E-state index contributed by atoms with van der Waals surface area (Å²) in [4.78, 5) is 16.4. The molecule has 0 spiro atoms. The Morgan fingerprint density at radius 3 is 2.56 bits per heavy atom. The molecule has 0 saturated carbocycles. The Labute approximate surface area is 107 Å². The van der Waals surface area contributed by atoms with Crippen molar-refractivity contribution in [2.75, 3.05) is 5.32 Å². The molecule has 0 bridgehead atoms. The lowest BCUT2D eigenvalue weighted by molar-refractivity contribution is 0.102. The normalized spacial score (nSPS) is 10.1. The minimum atomic E-state index is -0.122. The molecule has 1 N–H and O–H groups in total. The van der Waals surface area contributed by atoms with Gasteiger partial charge in [-0.3, -0.25) is 4.79 Å². The fraction of sp³-hybridized carbons (Fsp3) is 0.200. The standard InChI is InChI=1S/C15H16N2O/c1-3-12-10-9-11(2)16-14(12)17-15(18)13-7-5-4-6-8-13/h4-10H,3H2,1-2H3,(H,16,17,18). The molecule has 3 nitrogen and oxygen atoms in total. The first-order chi connectivity index (χ1) is 8.70. The summed E-state index contributed by atoms with van der Waals surface area (Å²) >= 11 is 0. The largest absolute Gasteiger partial charge is 0.306 e. The van der Waals surface area contributed by atoms with E-state index in [0.29, 0.717) is 11.4 Å². The van der Waals surface area contributed by atoms with Crippen LogP contribution in [0.15, 0.2) is 42.5 Å². The highest BCUT2D eigenvalue weighted by atomic mass is 16.1. The van der Waals surface area contributed by atoms with Gasteiger partial charge in [-0.2, -0.15) is 0 Å². The molecule has 1 aromatic carbocycles. The molecular formula is C15H16N2O. The van der Waals surface area contributed by atoms with Crippen LogP contribution in [0.3, 0.4) is 0 Å². The van der Waals surface area contributed by atoms with Crippen LogP contribution in [0.4, 0.5) is 5.82 Å². The van der Waals surface area contributed by atoms with E-state index in [0.717, 1.165) is 17.7 Å². The summed E-state index contributed by atoms with van der Waals surface area (Å²) in [5.74, 6) is 0.537. The highest BCUT2D eigenvalue weighted by Crippen LogP contribution is 2.15. The number of benzene rings is 1. The number of pyridine rings is 1. The lowest BCUT2D eigenvalue weighted by Crippen LogP contribution is -2.14. The van der Waals surface area contributed by atoms with E-state index in [4.69, 9.17) is 0 Å². The Kier molecular flexibility index (Phi) is 3.72. The van der Waals surface area contributed by atoms with E-state index in [9.17, 15) is 4.79 Å². The first-order valence-electron chi connectivity index (χ1n) is 6.03. The molecule has 2 aromatic rings. The number of aryl methyl sites for hydroxylation is 2. The fourth-order valence-corrected chi connectivity index (χ4v) is 1.75. The topological polar surface area (TPSA) is 42.0 Å². The van der Waals surface area contributed by atoms with Gasteiger partial charge in [0, 0.05) is 11.3 Å². The van der Waals surface area contributed by atoms with Gasteiger partial charge in [0.05, 0.1) is 0 Å². The van der Waals surface area contributed by atoms with Crippen LogP contribution in [0, 0.1) is 6.92 Å². The van der Waals surface area contributed by atoms with Crippen LogP contribution >= 0.6 is 0 Å². The molecule has 0 atom stereocenters. The number of hydrogen-bond acceptors (Lipinski definition) is 2. The maximum absolute atomic E-state index is 12.0. The van der Waals surface area contributed by atoms with Crippen LogP contribution in [0.5, 0.6) is 0 Å². The average molecular weight is 240 g/mol. The number of nitrogens with zero attached hydrogens (tertiary/aromatic N) is 1. The summed E-state index contributed by atoms with van der Waals surface area (Å²) < 4.78 is 0. The third kappa shape index (κ3) is 2.74. The Morgan fingerprint density at radius 1 is 1.17 bits per heavy atom. The minimum Gasteiger partial charge on any atom is -0.306 e. The van der Waals surface area contributed by atoms with Gasteiger partial charge in [-0.05, 0) is 37.1 Å². The zero-order chi connectivity index (χ0) is 13.0. The summed E-state index contributed by atoms with van der Waals surface area (Å²) in [5, 5.41) is 2.87. The number of rotatable bonds is 3. The van der Waals surface area contributed by atoms with Gasteiger partial charge in [-0.25, -0.2) is 4.98 Å². The van der Waals surface area contributed by atoms with E-state index in [1.165, 1.54) is 0 Å². The molecule has 0 radical (unpaired) electrons. The summed E-state index contributed by atoms with van der Waals surface area (Å²) in [6.45, 7) is 3.96. The van der Waals surface area contributed by atoms with Crippen molar-refractivity contribution in [3.05, 3.63) is 59.3 Å². The second-order valence-corrected chi connectivity index (χ2v) is 4.13. The van der Waals surface area contributed by atoms with Gasteiger partial charge in [-0.1, -0.05) is 31.2 Å². The van der Waals surface area contributed by atoms with E-state index in [1.807, 2.05) is 44.2 Å². The number of nitrogens with one attached hydrogen (secondary N) is 1. The summed E-state index contributed by atoms with van der Waals surface area (Å²) in [6, 6.07) is 13.1. The van der Waals surface area contributed by atoms with E-state index >= 15 is 0 Å². The Morgan fingerprint density at radius 2 is 1.89 bits per heavy atom. The number of hydrogen-bond donors (Lipinski definition) is 1. The minimum absolute atomic E-state index is 0.122. The zero-order valence-electron chi connectivity index (χ0n) is 10.6. The monoisotopic (exact) mass is 240 g/mol. The second-order valence-electron chi connectivity index (χ2n) is 4.13. The molecule has 0 fully saturated rings. The van der Waals surface area contributed by atoms with Crippen molar-refractivity contribution in [3.63, 3.8) is 0 Å². The van der Waals surface area contributed by atoms with Gasteiger partial charge in [0.1, 0.15) is 5.82 Å². The van der Waals surface area contributed by atoms with Gasteiger partial charge in [-0.15, -0.1) is 0 Å². The number of carbonyl (C=O) groups excluding carboxylic acids is 1. The van der Waals surface area contributed by atoms with E-state index < -0.39 is 0 Å². The lowest BCUT2D eigenvalue weighted by atomic mass is 10.1. The van der Waals surface area contributed by atoms with E-state index in [2.05, 4.69) is 10.3 Å². The van der Waals surface area contributed by atoms with Crippen LogP contribution in [0.25, 0.3) is 0 Å². The van der Waals surface area contributed by atoms with Crippen molar-refractivity contribution in [2.24, 2.45) is 0 Å². The van der Waals surface area contributed by atoms with Crippen LogP contribution in [0.2, 0.25) is 0 Å². The first-order valence-corrected chi connectivity index (χ1v) is 6.03. The third-order valence-corrected chi connectivity index (χ3v) is 2.77. The highest BCUT2D eigenvalue weighted by molar-refractivity contribution is 6.04. The van der Waals surface area contributed by atoms with Crippen molar-refractivity contribution in [2.45, 2.75) is 20.3 Å². The smallest absolute Gasteiger partial charge is 0.256 e. The second kappa shape index (κ2) is 5.45. The maximum atomic E-state index is 12.0. The Balaban J connectivity index is 2.24. The lowest BCUT2D eigenvalue weighted by Gasteiger charge is -2.09. The van der Waals surface area contributed by atoms with Crippen LogP contribution < -0.4 is 5.32 Å². The molecule has 18 heavy (non-hydrogen) atoms. The molecule has 0 aliphatic carbocycles. The number of anilines is 1. The van der Waals surface area contributed by atoms with Crippen LogP contribution in [-0.2, 0) is 6.42 Å². The molecule has 1 heterocycles. The molecular weight excluding hydrogens is 224 g/mol. The summed E-state index contributed by atoms with van der Waals surface area (Å²) in [7, 11) is 0. The van der Waals surface area contributed by atoms with Crippen molar-refractivity contribution >= 4 is 11.7 Å². The number of carbonyl (C=O) groups is 1. The third-order valence-electron chi connectivity index (χ3n) is 2.77. The molecule has 1 aromatic heterocycles. The molecule has 0 aliphatic rings. The Bertz CT molecular complexity index is 550. The predicted molar refractivity (Wildman–Crippen MR) is 72.7 cm³/mol. The van der Waals surface area contributed by atoms with E-state index in [-0.39, 0.29) is 5.91 Å². The van der Waals surface area contributed by atoms with Crippen LogP contribution in [-0.4, -0.2) is 10.9 Å². The van der Waals surface area contributed by atoms with Crippen molar-refractivity contribution in [3.8, 4) is 0 Å². The average Bonchev–Trinajstić information content (AvgIpc) is 2.40. The molecule has 0 aliphatic heterocycles. The molecule has 0 saturated heterocycles. The maximum Gasteiger partial charge on any atom is 0.256 e. The van der Waals surface area contributed by atoms with Crippen LogP contribution in [0.1, 0.15) is 28.5 Å². The van der Waals surface area contributed by atoms with Gasteiger partial charge < -0.3 is 5.32 Å². The molecule has 3 heteroatoms. The predicted octanol–water partition coefficient (Wildman–Crippen LogP) is 3.20. The number of amides is 1. The summed E-state index contributed by atoms with van der Waals surface area (Å²) in [5.41, 5.74) is 2.59. The van der Waals surface area contributed by atoms with Gasteiger partial charge in [0.2, 0.25) is 0 Å². The summed E-state index contributed by atoms with van der Waals surface area (Å²) in [6.07, 6.45) is 0.845. The van der Waals surface area contributed by atoms with Crippen molar-refractivity contribution in [1.29, 1.82) is 0 Å². The molecule has 92 valence electrons.